The summed E-state index contributed by atoms with van der Waals surface area (Å²) in [5, 5.41) is 17.2. The summed E-state index contributed by atoms with van der Waals surface area (Å²) in [6.45, 7) is 4.02. The number of hydrogen-bond donors (Lipinski definition) is 3. The first-order chi connectivity index (χ1) is 16.0. The number of phenols is 1. The second-order valence-electron chi connectivity index (χ2n) is 9.00. The zero-order valence-corrected chi connectivity index (χ0v) is 18.8. The number of benzene rings is 3. The van der Waals surface area contributed by atoms with Crippen molar-refractivity contribution in [1.29, 1.82) is 0 Å². The molecule has 3 aromatic rings. The van der Waals surface area contributed by atoms with Gasteiger partial charge in [0, 0.05) is 17.7 Å². The molecule has 0 fully saturated rings. The van der Waals surface area contributed by atoms with Crippen LogP contribution in [-0.2, 0) is 4.79 Å². The monoisotopic (exact) mass is 440 g/mol. The topological polar surface area (TPSA) is 70.6 Å². The van der Waals surface area contributed by atoms with E-state index in [1.54, 1.807) is 12.1 Å². The molecule has 1 aliphatic carbocycles. The van der Waals surface area contributed by atoms with E-state index in [9.17, 15) is 9.90 Å². The number of ketones is 1. The Morgan fingerprint density at radius 3 is 2.39 bits per heavy atom. The molecule has 1 heterocycles. The third-order valence-electron chi connectivity index (χ3n) is 6.24. The van der Waals surface area contributed by atoms with E-state index in [4.69, 9.17) is 4.74 Å². The number of aromatic hydroxyl groups is 1. The van der Waals surface area contributed by atoms with Gasteiger partial charge in [0.1, 0.15) is 11.5 Å². The van der Waals surface area contributed by atoms with Gasteiger partial charge in [-0.1, -0.05) is 36.4 Å². The molecule has 5 rings (SSSR count). The summed E-state index contributed by atoms with van der Waals surface area (Å²) < 4.78 is 5.77. The predicted octanol–water partition coefficient (Wildman–Crippen LogP) is 6.16. The molecule has 3 aromatic carbocycles. The molecule has 2 atom stereocenters. The van der Waals surface area contributed by atoms with Crippen molar-refractivity contribution in [2.24, 2.45) is 0 Å². The first kappa shape index (κ1) is 21.1. The van der Waals surface area contributed by atoms with E-state index in [2.05, 4.69) is 22.8 Å². The van der Waals surface area contributed by atoms with Gasteiger partial charge in [0.2, 0.25) is 0 Å². The maximum atomic E-state index is 13.6. The smallest absolute Gasteiger partial charge is 0.163 e. The molecule has 5 nitrogen and oxygen atoms in total. The minimum absolute atomic E-state index is 0.0898. The number of Topliss-reactive ketones (excluding diaryl/α,β-unsaturated/α-hetero) is 1. The van der Waals surface area contributed by atoms with Crippen molar-refractivity contribution in [2.45, 2.75) is 44.8 Å². The largest absolute Gasteiger partial charge is 0.508 e. The van der Waals surface area contributed by atoms with Gasteiger partial charge in [-0.15, -0.1) is 0 Å². The highest BCUT2D eigenvalue weighted by Gasteiger charge is 2.36. The summed E-state index contributed by atoms with van der Waals surface area (Å²) in [5.74, 6) is 1.23. The quantitative estimate of drug-likeness (QED) is 0.453. The fourth-order valence-electron chi connectivity index (χ4n) is 4.77. The first-order valence-corrected chi connectivity index (χ1v) is 11.4. The second kappa shape index (κ2) is 8.66. The van der Waals surface area contributed by atoms with Crippen LogP contribution in [0.5, 0.6) is 11.5 Å². The number of ether oxygens (including phenoxy) is 1. The van der Waals surface area contributed by atoms with E-state index in [0.29, 0.717) is 6.42 Å². The van der Waals surface area contributed by atoms with E-state index in [-0.39, 0.29) is 29.6 Å². The molecule has 0 radical (unpaired) electrons. The van der Waals surface area contributed by atoms with Gasteiger partial charge in [0.15, 0.2) is 5.78 Å². The summed E-state index contributed by atoms with van der Waals surface area (Å²) >= 11 is 0. The highest BCUT2D eigenvalue weighted by molar-refractivity contribution is 6.01. The first-order valence-electron chi connectivity index (χ1n) is 11.4. The molecule has 0 bridgehead atoms. The van der Waals surface area contributed by atoms with Crippen LogP contribution in [0.3, 0.4) is 0 Å². The van der Waals surface area contributed by atoms with Crippen molar-refractivity contribution in [3.63, 3.8) is 0 Å². The molecular weight excluding hydrogens is 412 g/mol. The van der Waals surface area contributed by atoms with E-state index < -0.39 is 0 Å². The third-order valence-corrected chi connectivity index (χ3v) is 6.24. The van der Waals surface area contributed by atoms with Gasteiger partial charge < -0.3 is 20.5 Å². The van der Waals surface area contributed by atoms with Crippen molar-refractivity contribution in [1.82, 2.24) is 0 Å². The van der Waals surface area contributed by atoms with Gasteiger partial charge in [-0.05, 0) is 73.7 Å². The molecule has 0 amide bonds. The number of nitrogens with one attached hydrogen (secondary N) is 2. The average molecular weight is 441 g/mol. The van der Waals surface area contributed by atoms with Gasteiger partial charge in [-0.2, -0.15) is 0 Å². The third kappa shape index (κ3) is 4.31. The van der Waals surface area contributed by atoms with E-state index >= 15 is 0 Å². The van der Waals surface area contributed by atoms with Crippen LogP contribution in [0.25, 0.3) is 0 Å². The lowest BCUT2D eigenvalue weighted by molar-refractivity contribution is -0.116. The van der Waals surface area contributed by atoms with Gasteiger partial charge in [-0.25, -0.2) is 0 Å². The Kier molecular flexibility index (Phi) is 5.55. The highest BCUT2D eigenvalue weighted by Crippen LogP contribution is 2.44. The van der Waals surface area contributed by atoms with Crippen molar-refractivity contribution in [3.05, 3.63) is 95.2 Å². The number of hydrogen-bond acceptors (Lipinski definition) is 5. The molecule has 0 saturated heterocycles. The lowest BCUT2D eigenvalue weighted by Crippen LogP contribution is -2.26. The van der Waals surface area contributed by atoms with Crippen LogP contribution < -0.4 is 15.4 Å². The average Bonchev–Trinajstić information content (AvgIpc) is 2.96. The van der Waals surface area contributed by atoms with Crippen LogP contribution in [0.1, 0.15) is 49.8 Å². The highest BCUT2D eigenvalue weighted by atomic mass is 16.5. The van der Waals surface area contributed by atoms with Crippen molar-refractivity contribution < 1.29 is 14.6 Å². The molecule has 2 aliphatic rings. The number of rotatable bonds is 4. The van der Waals surface area contributed by atoms with Crippen molar-refractivity contribution in [3.8, 4) is 11.5 Å². The Morgan fingerprint density at radius 2 is 1.67 bits per heavy atom. The van der Waals surface area contributed by atoms with E-state index in [1.807, 2.05) is 62.4 Å². The Morgan fingerprint density at radius 1 is 0.909 bits per heavy atom. The Labute approximate surface area is 194 Å². The fourth-order valence-corrected chi connectivity index (χ4v) is 4.77. The molecule has 2 unspecified atom stereocenters. The minimum Gasteiger partial charge on any atom is -0.508 e. The Balaban J connectivity index is 1.52. The Hall–Kier alpha value is -3.73. The lowest BCUT2D eigenvalue weighted by Gasteiger charge is -2.30. The molecule has 5 heteroatoms. The van der Waals surface area contributed by atoms with Crippen LogP contribution in [0.15, 0.2) is 84.1 Å². The molecule has 1 aliphatic heterocycles. The molecule has 168 valence electrons. The van der Waals surface area contributed by atoms with Gasteiger partial charge in [-0.3, -0.25) is 4.79 Å². The molecule has 0 saturated carbocycles. The van der Waals surface area contributed by atoms with E-state index in [0.717, 1.165) is 45.9 Å². The standard InChI is InChI=1S/C28H28N2O3/c1-17(2)33-22-12-10-18(11-13-22)20-15-25-27(26(32)16-20)28(19-6-5-7-21(31)14-19)30-24-9-4-3-8-23(24)29-25/h3-14,17,20,28-31H,15-16H2,1-2H3. The van der Waals surface area contributed by atoms with Crippen LogP contribution in [0, 0.1) is 0 Å². The van der Waals surface area contributed by atoms with Crippen LogP contribution >= 0.6 is 0 Å². The zero-order valence-electron chi connectivity index (χ0n) is 18.8. The molecular formula is C28H28N2O3. The summed E-state index contributed by atoms with van der Waals surface area (Å²) in [6, 6.07) is 22.9. The number of allylic oxidation sites excluding steroid dienone is 1. The maximum Gasteiger partial charge on any atom is 0.163 e. The number of anilines is 2. The number of carbonyl (C=O) groups excluding carboxylic acids is 1. The number of para-hydroxylation sites is 2. The molecule has 0 aromatic heterocycles. The minimum atomic E-state index is -0.335. The summed E-state index contributed by atoms with van der Waals surface area (Å²) in [7, 11) is 0. The van der Waals surface area contributed by atoms with Crippen molar-refractivity contribution in [2.75, 3.05) is 10.6 Å². The zero-order chi connectivity index (χ0) is 22.9. The number of phenolic OH excluding ortho intramolecular Hbond substituents is 1. The van der Waals surface area contributed by atoms with Gasteiger partial charge in [0.05, 0.1) is 23.5 Å². The van der Waals surface area contributed by atoms with Gasteiger partial charge in [0.25, 0.3) is 0 Å². The summed E-state index contributed by atoms with van der Waals surface area (Å²) in [4.78, 5) is 13.6. The molecule has 33 heavy (non-hydrogen) atoms. The van der Waals surface area contributed by atoms with Crippen LogP contribution in [0.4, 0.5) is 11.4 Å². The van der Waals surface area contributed by atoms with E-state index in [1.165, 1.54) is 0 Å². The normalized spacial score (nSPS) is 19.8. The van der Waals surface area contributed by atoms with Gasteiger partial charge >= 0.3 is 0 Å². The fraction of sp³-hybridized carbons (Fsp3) is 0.250. The SMILES string of the molecule is CC(C)Oc1ccc(C2CC(=O)C3=C(C2)Nc2ccccc2NC3c2cccc(O)c2)cc1. The lowest BCUT2D eigenvalue weighted by atomic mass is 9.78. The van der Waals surface area contributed by atoms with Crippen molar-refractivity contribution >= 4 is 17.2 Å². The second-order valence-corrected chi connectivity index (χ2v) is 9.00. The number of fused-ring (bicyclic) bond motifs is 1. The van der Waals surface area contributed by atoms with Crippen LogP contribution in [0.2, 0.25) is 0 Å². The number of carbonyl (C=O) groups is 1. The summed E-state index contributed by atoms with van der Waals surface area (Å²) in [6.07, 6.45) is 1.30. The Bertz CT molecular complexity index is 1210. The molecule has 0 spiro atoms. The molecule has 3 N–H and O–H groups in total. The van der Waals surface area contributed by atoms with Crippen LogP contribution in [-0.4, -0.2) is 17.0 Å². The predicted molar refractivity (Wildman–Crippen MR) is 131 cm³/mol. The summed E-state index contributed by atoms with van der Waals surface area (Å²) in [5.41, 5.74) is 5.55. The maximum absolute atomic E-state index is 13.6.